The van der Waals surface area contributed by atoms with Crippen LogP contribution in [-0.2, 0) is 9.53 Å². The summed E-state index contributed by atoms with van der Waals surface area (Å²) >= 11 is 7.72. The number of hydrogen-bond donors (Lipinski definition) is 0. The van der Waals surface area contributed by atoms with Gasteiger partial charge < -0.3 is 18.9 Å². The summed E-state index contributed by atoms with van der Waals surface area (Å²) in [6.45, 7) is 9.98. The van der Waals surface area contributed by atoms with E-state index in [-0.39, 0.29) is 18.3 Å². The van der Waals surface area contributed by atoms with Gasteiger partial charge in [0.1, 0.15) is 12.4 Å². The lowest BCUT2D eigenvalue weighted by Gasteiger charge is -2.25. The predicted octanol–water partition coefficient (Wildman–Crippen LogP) is 4.65. The van der Waals surface area contributed by atoms with Crippen LogP contribution in [0.2, 0.25) is 5.02 Å². The largest absolute Gasteiger partial charge is 0.494 e. The Kier molecular flexibility index (Phi) is 9.58. The summed E-state index contributed by atoms with van der Waals surface area (Å²) < 4.78 is 24.4. The Morgan fingerprint density at radius 2 is 1.88 bits per heavy atom. The highest BCUT2D eigenvalue weighted by Gasteiger charge is 2.33. The Morgan fingerprint density at radius 3 is 2.51 bits per heavy atom. The molecule has 3 aromatic rings. The molecule has 1 atom stereocenters. The Balaban J connectivity index is 1.88. The number of ether oxygens (including phenoxy) is 4. The number of aromatic nitrogens is 1. The van der Waals surface area contributed by atoms with E-state index in [0.29, 0.717) is 61.7 Å². The molecule has 1 aliphatic heterocycles. The van der Waals surface area contributed by atoms with Gasteiger partial charge in [-0.15, -0.1) is 6.42 Å². The molecule has 1 aliphatic rings. The zero-order chi connectivity index (χ0) is 29.7. The number of fused-ring (bicyclic) bond motifs is 1. The molecular weight excluding hydrogens is 564 g/mol. The first kappa shape index (κ1) is 30.0. The van der Waals surface area contributed by atoms with Crippen LogP contribution in [0.15, 0.2) is 57.5 Å². The van der Waals surface area contributed by atoms with E-state index < -0.39 is 12.0 Å². The predicted molar refractivity (Wildman–Crippen MR) is 160 cm³/mol. The molecule has 0 N–H and O–H groups in total. The lowest BCUT2D eigenvalue weighted by molar-refractivity contribution is -0.143. The third kappa shape index (κ3) is 6.50. The molecule has 1 aromatic heterocycles. The number of esters is 1. The smallest absolute Gasteiger partial charge is 0.338 e. The molecule has 10 heteroatoms. The third-order valence-electron chi connectivity index (χ3n) is 6.02. The topological polar surface area (TPSA) is 88.4 Å². The quantitative estimate of drug-likeness (QED) is 0.251. The van der Waals surface area contributed by atoms with Crippen molar-refractivity contribution in [2.75, 3.05) is 19.8 Å². The van der Waals surface area contributed by atoms with Crippen molar-refractivity contribution in [1.29, 1.82) is 0 Å². The van der Waals surface area contributed by atoms with Crippen LogP contribution in [0.4, 0.5) is 0 Å². The van der Waals surface area contributed by atoms with E-state index in [9.17, 15) is 9.59 Å². The summed E-state index contributed by atoms with van der Waals surface area (Å²) in [5, 5.41) is 0.298. The minimum Gasteiger partial charge on any atom is -0.494 e. The van der Waals surface area contributed by atoms with Crippen molar-refractivity contribution in [1.82, 2.24) is 4.57 Å². The summed E-state index contributed by atoms with van der Waals surface area (Å²) in [6, 6.07) is 9.99. The van der Waals surface area contributed by atoms with Gasteiger partial charge in [0.2, 0.25) is 0 Å². The first-order chi connectivity index (χ1) is 19.7. The molecule has 0 saturated carbocycles. The van der Waals surface area contributed by atoms with Crippen LogP contribution >= 0.6 is 22.9 Å². The summed E-state index contributed by atoms with van der Waals surface area (Å²) in [7, 11) is 0. The van der Waals surface area contributed by atoms with E-state index in [2.05, 4.69) is 10.9 Å². The molecular formula is C31H31ClN2O6S. The van der Waals surface area contributed by atoms with Gasteiger partial charge in [0.15, 0.2) is 16.3 Å². The van der Waals surface area contributed by atoms with Gasteiger partial charge >= 0.3 is 5.97 Å². The molecule has 41 heavy (non-hydrogen) atoms. The molecule has 0 aliphatic carbocycles. The number of carbonyl (C=O) groups excluding carboxylic acids is 1. The Morgan fingerprint density at radius 1 is 1.17 bits per heavy atom. The van der Waals surface area contributed by atoms with Crippen molar-refractivity contribution >= 4 is 35.0 Å². The highest BCUT2D eigenvalue weighted by molar-refractivity contribution is 7.07. The average molecular weight is 595 g/mol. The van der Waals surface area contributed by atoms with Crippen LogP contribution in [0.25, 0.3) is 6.08 Å². The Hall–Kier alpha value is -4.00. The average Bonchev–Trinajstić information content (AvgIpc) is 3.22. The maximum Gasteiger partial charge on any atom is 0.338 e. The van der Waals surface area contributed by atoms with Crippen LogP contribution in [0.1, 0.15) is 51.8 Å². The Bertz CT molecular complexity index is 1700. The first-order valence-electron chi connectivity index (χ1n) is 13.2. The number of benzene rings is 2. The maximum absolute atomic E-state index is 13.9. The normalized spacial score (nSPS) is 14.8. The van der Waals surface area contributed by atoms with Crippen LogP contribution in [-0.4, -0.2) is 36.5 Å². The number of terminal acetylenes is 1. The fourth-order valence-electron chi connectivity index (χ4n) is 4.43. The van der Waals surface area contributed by atoms with Crippen molar-refractivity contribution in [2.24, 2.45) is 4.99 Å². The minimum atomic E-state index is -0.738. The molecule has 4 rings (SSSR count). The number of halogens is 1. The molecule has 2 heterocycles. The van der Waals surface area contributed by atoms with Gasteiger partial charge in [-0.1, -0.05) is 41.0 Å². The monoisotopic (exact) mass is 594 g/mol. The Labute approximate surface area is 247 Å². The molecule has 0 fully saturated rings. The summed E-state index contributed by atoms with van der Waals surface area (Å²) in [4.78, 5) is 32.3. The summed E-state index contributed by atoms with van der Waals surface area (Å²) in [5.41, 5.74) is 1.83. The van der Waals surface area contributed by atoms with E-state index in [1.807, 2.05) is 38.1 Å². The summed E-state index contributed by atoms with van der Waals surface area (Å²) in [6.07, 6.45) is 6.70. The molecule has 0 radical (unpaired) electrons. The number of carbonyl (C=O) groups is 1. The summed E-state index contributed by atoms with van der Waals surface area (Å²) in [5.74, 6) is 3.33. The van der Waals surface area contributed by atoms with Crippen molar-refractivity contribution in [3.05, 3.63) is 83.5 Å². The van der Waals surface area contributed by atoms with E-state index in [4.69, 9.17) is 37.0 Å². The fourth-order valence-corrected chi connectivity index (χ4v) is 5.75. The highest BCUT2D eigenvalue weighted by atomic mass is 35.5. The van der Waals surface area contributed by atoms with Gasteiger partial charge in [-0.25, -0.2) is 9.79 Å². The van der Waals surface area contributed by atoms with Gasteiger partial charge in [-0.3, -0.25) is 9.36 Å². The van der Waals surface area contributed by atoms with Gasteiger partial charge in [0.05, 0.1) is 46.2 Å². The van der Waals surface area contributed by atoms with E-state index in [0.717, 1.165) is 5.56 Å². The molecule has 2 aromatic carbocycles. The second kappa shape index (κ2) is 13.1. The SMILES string of the molecule is C#CCOc1c(Cl)cc(/C=c2/sc3n(c2=O)[C@@H](c2ccc(OCC)cc2)C(C(=O)OC(C)C)=C(C)N=3)cc1OCC. The van der Waals surface area contributed by atoms with Crippen LogP contribution in [0.5, 0.6) is 17.2 Å². The molecule has 0 saturated heterocycles. The molecule has 8 nitrogen and oxygen atoms in total. The number of rotatable bonds is 10. The number of allylic oxidation sites excluding steroid dienone is 1. The second-order valence-electron chi connectivity index (χ2n) is 9.29. The zero-order valence-electron chi connectivity index (χ0n) is 23.5. The fraction of sp³-hybridized carbons (Fsp3) is 0.323. The van der Waals surface area contributed by atoms with Gasteiger partial charge in [0.25, 0.3) is 5.56 Å². The number of hydrogen-bond acceptors (Lipinski definition) is 8. The van der Waals surface area contributed by atoms with Crippen molar-refractivity contribution in [3.8, 4) is 29.6 Å². The van der Waals surface area contributed by atoms with Gasteiger partial charge in [-0.05, 0) is 76.1 Å². The molecule has 214 valence electrons. The maximum atomic E-state index is 13.9. The number of thiazole rings is 1. The van der Waals surface area contributed by atoms with Gasteiger partial charge in [-0.2, -0.15) is 0 Å². The van der Waals surface area contributed by atoms with E-state index >= 15 is 0 Å². The minimum absolute atomic E-state index is 0.0320. The second-order valence-corrected chi connectivity index (χ2v) is 10.7. The molecule has 0 unspecified atom stereocenters. The van der Waals surface area contributed by atoms with Crippen molar-refractivity contribution in [2.45, 2.75) is 46.8 Å². The number of nitrogens with zero attached hydrogens (tertiary/aromatic N) is 2. The lowest BCUT2D eigenvalue weighted by atomic mass is 9.96. The van der Waals surface area contributed by atoms with Gasteiger partial charge in [0, 0.05) is 0 Å². The molecule has 0 spiro atoms. The molecule has 0 bridgehead atoms. The molecule has 0 amide bonds. The lowest BCUT2D eigenvalue weighted by Crippen LogP contribution is -2.40. The van der Waals surface area contributed by atoms with Crippen LogP contribution < -0.4 is 29.1 Å². The zero-order valence-corrected chi connectivity index (χ0v) is 25.1. The van der Waals surface area contributed by atoms with E-state index in [1.165, 1.54) is 15.9 Å². The van der Waals surface area contributed by atoms with Crippen molar-refractivity contribution in [3.63, 3.8) is 0 Å². The standard InChI is InChI=1S/C31H31ClN2O6S/c1-7-14-39-28-23(32)15-20(16-24(28)38-9-3)17-25-29(35)34-27(21-10-12-22(13-11-21)37-8-2)26(30(36)40-18(4)5)19(6)33-31(34)41-25/h1,10-13,15-18,27H,8-9,14H2,2-6H3/b25-17+/t27-/m0/s1. The van der Waals surface area contributed by atoms with Crippen molar-refractivity contribution < 1.29 is 23.7 Å². The van der Waals surface area contributed by atoms with E-state index in [1.54, 1.807) is 39.0 Å². The highest BCUT2D eigenvalue weighted by Crippen LogP contribution is 2.37. The first-order valence-corrected chi connectivity index (χ1v) is 14.4. The third-order valence-corrected chi connectivity index (χ3v) is 7.28. The van der Waals surface area contributed by atoms with Crippen LogP contribution in [0, 0.1) is 12.3 Å². The van der Waals surface area contributed by atoms with Crippen LogP contribution in [0.3, 0.4) is 0 Å².